The minimum atomic E-state index is -0.700. The maximum Gasteiger partial charge on any atom is 0.408 e. The predicted molar refractivity (Wildman–Crippen MR) is 171 cm³/mol. The van der Waals surface area contributed by atoms with E-state index >= 15 is 0 Å². The lowest BCUT2D eigenvalue weighted by Gasteiger charge is -2.44. The zero-order valence-corrected chi connectivity index (χ0v) is 26.6. The first kappa shape index (κ1) is 31.2. The van der Waals surface area contributed by atoms with Gasteiger partial charge in [0, 0.05) is 62.6 Å². The summed E-state index contributed by atoms with van der Waals surface area (Å²) in [6, 6.07) is 8.64. The zero-order valence-electron chi connectivity index (χ0n) is 26.6. The monoisotopic (exact) mass is 592 g/mol. The Labute approximate surface area is 258 Å². The molecular weight excluding hydrogens is 540 g/mol. The summed E-state index contributed by atoms with van der Waals surface area (Å²) < 4.78 is 5.56. The van der Waals surface area contributed by atoms with Crippen molar-refractivity contribution in [2.75, 3.05) is 44.6 Å². The number of nitrogens with zero attached hydrogens (tertiary/aromatic N) is 4. The Morgan fingerprint density at radius 2 is 1.58 bits per heavy atom. The van der Waals surface area contributed by atoms with E-state index in [9.17, 15) is 9.59 Å². The van der Waals surface area contributed by atoms with Gasteiger partial charge in [-0.1, -0.05) is 37.8 Å². The third kappa shape index (κ3) is 8.05. The minimum Gasteiger partial charge on any atom is -0.444 e. The van der Waals surface area contributed by atoms with Crippen LogP contribution in [-0.2, 0) is 16.1 Å². The third-order valence-corrected chi connectivity index (χ3v) is 9.45. The zero-order chi connectivity index (χ0) is 30.6. The van der Waals surface area contributed by atoms with E-state index in [-0.39, 0.29) is 5.91 Å². The van der Waals surface area contributed by atoms with Gasteiger partial charge >= 0.3 is 6.09 Å². The van der Waals surface area contributed by atoms with Crippen molar-refractivity contribution in [3.05, 3.63) is 54.5 Å². The molecule has 2 N–H and O–H groups in total. The van der Waals surface area contributed by atoms with Crippen LogP contribution in [-0.4, -0.2) is 94.6 Å². The first-order valence-corrected chi connectivity index (χ1v) is 16.3. The molecule has 0 radical (unpaired) electrons. The third-order valence-electron chi connectivity index (χ3n) is 9.45. The quantitative estimate of drug-likeness (QED) is 0.455. The van der Waals surface area contributed by atoms with Gasteiger partial charge in [0.2, 0.25) is 5.91 Å². The molecule has 3 saturated heterocycles. The number of likely N-dealkylation sites (tertiary alicyclic amines) is 3. The average Bonchev–Trinajstić information content (AvgIpc) is 2.99. The van der Waals surface area contributed by atoms with E-state index in [0.717, 1.165) is 75.6 Å². The largest absolute Gasteiger partial charge is 0.444 e. The summed E-state index contributed by atoms with van der Waals surface area (Å²) in [5.41, 5.74) is 2.67. The van der Waals surface area contributed by atoms with Crippen LogP contribution in [0.3, 0.4) is 0 Å². The van der Waals surface area contributed by atoms with E-state index in [1.807, 2.05) is 31.7 Å². The molecule has 1 atom stereocenters. The summed E-state index contributed by atoms with van der Waals surface area (Å²) in [5.74, 6) is 0.917. The molecule has 4 heterocycles. The molecule has 1 aromatic rings. The van der Waals surface area contributed by atoms with Gasteiger partial charge in [-0.15, -0.1) is 0 Å². The molecule has 236 valence electrons. The van der Waals surface area contributed by atoms with Crippen LogP contribution >= 0.6 is 0 Å². The van der Waals surface area contributed by atoms with Gasteiger partial charge in [0.15, 0.2) is 0 Å². The molecule has 2 amide bonds. The number of para-hydroxylation sites is 1. The van der Waals surface area contributed by atoms with Crippen LogP contribution < -0.4 is 10.6 Å². The fourth-order valence-corrected chi connectivity index (χ4v) is 7.10. The Morgan fingerprint density at radius 1 is 0.953 bits per heavy atom. The highest BCUT2D eigenvalue weighted by Gasteiger charge is 2.35. The van der Waals surface area contributed by atoms with E-state index in [0.29, 0.717) is 18.5 Å². The molecule has 5 rings (SSSR count). The molecule has 0 spiro atoms. The second-order valence-electron chi connectivity index (χ2n) is 13.7. The number of amides is 2. The van der Waals surface area contributed by atoms with Gasteiger partial charge in [-0.05, 0) is 84.0 Å². The molecule has 43 heavy (non-hydrogen) atoms. The van der Waals surface area contributed by atoms with Gasteiger partial charge in [0.25, 0.3) is 0 Å². The van der Waals surface area contributed by atoms with Crippen molar-refractivity contribution in [1.82, 2.24) is 24.9 Å². The number of carbonyl (C=O) groups is 2. The molecule has 9 nitrogen and oxygen atoms in total. The van der Waals surface area contributed by atoms with Crippen LogP contribution in [0.15, 0.2) is 48.9 Å². The number of piperidine rings is 3. The van der Waals surface area contributed by atoms with Gasteiger partial charge in [0.05, 0.1) is 5.82 Å². The standard InChI is InChI=1S/C34H52N6O3/c1-25(37-19-15-29(16-20-37)40-24-27-11-7-8-12-30(27)35-26(40)2)23-31(36-33(42)43-34(3,4)5)32(41)39-21-13-28(14-22-39)38-17-9-6-10-18-38/h7-8,11-12,28-29,31,35H,1-2,6,9-10,13-24H2,3-5H3,(H,36,42)/t31-/m0/s1. The van der Waals surface area contributed by atoms with Crippen LogP contribution in [0.5, 0.6) is 0 Å². The van der Waals surface area contributed by atoms with E-state index in [2.05, 4.69) is 56.7 Å². The van der Waals surface area contributed by atoms with Gasteiger partial charge in [0.1, 0.15) is 11.6 Å². The summed E-state index contributed by atoms with van der Waals surface area (Å²) in [5, 5.41) is 6.38. The van der Waals surface area contributed by atoms with Crippen molar-refractivity contribution >= 4 is 17.7 Å². The summed E-state index contributed by atoms with van der Waals surface area (Å²) in [6.07, 6.45) is 7.62. The highest BCUT2D eigenvalue weighted by molar-refractivity contribution is 5.86. The molecule has 1 aromatic carbocycles. The molecular formula is C34H52N6O3. The minimum absolute atomic E-state index is 0.0339. The number of carbonyl (C=O) groups excluding carboxylic acids is 2. The Kier molecular flexibility index (Phi) is 9.89. The Hall–Kier alpha value is -3.20. The first-order valence-electron chi connectivity index (χ1n) is 16.3. The first-order chi connectivity index (χ1) is 20.6. The molecule has 0 aromatic heterocycles. The Morgan fingerprint density at radius 3 is 2.26 bits per heavy atom. The number of fused-ring (bicyclic) bond motifs is 1. The van der Waals surface area contributed by atoms with E-state index in [1.54, 1.807) is 0 Å². The van der Waals surface area contributed by atoms with Crippen LogP contribution in [0.2, 0.25) is 0 Å². The van der Waals surface area contributed by atoms with Crippen LogP contribution in [0.4, 0.5) is 10.5 Å². The molecule has 0 bridgehead atoms. The molecule has 4 aliphatic heterocycles. The van der Waals surface area contributed by atoms with Crippen LogP contribution in [0, 0.1) is 0 Å². The molecule has 4 aliphatic rings. The lowest BCUT2D eigenvalue weighted by Crippen LogP contribution is -2.54. The number of benzene rings is 1. The molecule has 9 heteroatoms. The van der Waals surface area contributed by atoms with Crippen molar-refractivity contribution in [1.29, 1.82) is 0 Å². The highest BCUT2D eigenvalue weighted by Crippen LogP contribution is 2.32. The van der Waals surface area contributed by atoms with E-state index < -0.39 is 17.7 Å². The summed E-state index contributed by atoms with van der Waals surface area (Å²) in [4.78, 5) is 35.9. The SMILES string of the molecule is C=C(C[C@H](NC(=O)OC(C)(C)C)C(=O)N1CCC(N2CCCCC2)CC1)N1CCC(N2Cc3ccccc3NC2=C)CC1. The van der Waals surface area contributed by atoms with Gasteiger partial charge < -0.3 is 35.0 Å². The summed E-state index contributed by atoms with van der Waals surface area (Å²) >= 11 is 0. The van der Waals surface area contributed by atoms with E-state index in [4.69, 9.17) is 4.74 Å². The van der Waals surface area contributed by atoms with Crippen LogP contribution in [0.25, 0.3) is 0 Å². The summed E-state index contributed by atoms with van der Waals surface area (Å²) in [6.45, 7) is 20.6. The second-order valence-corrected chi connectivity index (χ2v) is 13.7. The Bertz CT molecular complexity index is 1160. The van der Waals surface area contributed by atoms with Gasteiger partial charge in [-0.25, -0.2) is 4.79 Å². The fourth-order valence-electron chi connectivity index (χ4n) is 7.10. The van der Waals surface area contributed by atoms with E-state index in [1.165, 1.54) is 37.9 Å². The van der Waals surface area contributed by atoms with Gasteiger partial charge in [-0.2, -0.15) is 0 Å². The lowest BCUT2D eigenvalue weighted by atomic mass is 9.98. The van der Waals surface area contributed by atoms with Crippen molar-refractivity contribution in [2.45, 2.75) is 102 Å². The topological polar surface area (TPSA) is 80.4 Å². The van der Waals surface area contributed by atoms with Crippen molar-refractivity contribution in [3.63, 3.8) is 0 Å². The number of anilines is 1. The lowest BCUT2D eigenvalue weighted by molar-refractivity contribution is -0.135. The number of ether oxygens (including phenoxy) is 1. The fraction of sp³-hybridized carbons (Fsp3) is 0.647. The average molecular weight is 593 g/mol. The number of rotatable bonds is 7. The van der Waals surface area contributed by atoms with Crippen LogP contribution in [0.1, 0.15) is 77.7 Å². The molecule has 0 aliphatic carbocycles. The molecule has 3 fully saturated rings. The number of nitrogens with one attached hydrogen (secondary N) is 2. The van der Waals surface area contributed by atoms with Crippen molar-refractivity contribution in [2.24, 2.45) is 0 Å². The van der Waals surface area contributed by atoms with Crippen molar-refractivity contribution in [3.8, 4) is 0 Å². The molecule has 0 saturated carbocycles. The predicted octanol–water partition coefficient (Wildman–Crippen LogP) is 5.12. The maximum atomic E-state index is 13.9. The summed E-state index contributed by atoms with van der Waals surface area (Å²) in [7, 11) is 0. The number of alkyl carbamates (subject to hydrolysis) is 1. The number of hydrogen-bond donors (Lipinski definition) is 2. The second kappa shape index (κ2) is 13.6. The normalized spacial score (nSPS) is 21.6. The maximum absolute atomic E-state index is 13.9. The van der Waals surface area contributed by atoms with Gasteiger partial charge in [-0.3, -0.25) is 4.79 Å². The number of hydrogen-bond acceptors (Lipinski definition) is 7. The smallest absolute Gasteiger partial charge is 0.408 e. The van der Waals surface area contributed by atoms with Crippen molar-refractivity contribution < 1.29 is 14.3 Å². The Balaban J connectivity index is 1.17. The highest BCUT2D eigenvalue weighted by atomic mass is 16.6. The molecule has 0 unspecified atom stereocenters.